The van der Waals surface area contributed by atoms with Crippen LogP contribution in [0.15, 0.2) is 60.7 Å². The van der Waals surface area contributed by atoms with Gasteiger partial charge in [0.1, 0.15) is 0 Å². The van der Waals surface area contributed by atoms with Crippen molar-refractivity contribution >= 4 is 10.9 Å². The predicted octanol–water partition coefficient (Wildman–Crippen LogP) is 3.61. The molecule has 3 rings (SSSR count). The minimum atomic E-state index is -0.325. The van der Waals surface area contributed by atoms with E-state index in [1.165, 1.54) is 22.2 Å². The Balaban J connectivity index is 2.06. The molecule has 1 unspecified atom stereocenters. The molecule has 20 heavy (non-hydrogen) atoms. The molecular formula is C18H19NO. The number of aromatic nitrogens is 1. The van der Waals surface area contributed by atoms with E-state index in [2.05, 4.69) is 59.2 Å². The fraction of sp³-hybridized carbons (Fsp3) is 0.222. The van der Waals surface area contributed by atoms with E-state index in [4.69, 9.17) is 0 Å². The number of hydrogen-bond donors (Lipinski definition) is 1. The molecule has 0 radical (unpaired) electrons. The van der Waals surface area contributed by atoms with Crippen molar-refractivity contribution in [2.24, 2.45) is 0 Å². The van der Waals surface area contributed by atoms with Crippen molar-refractivity contribution in [2.75, 3.05) is 0 Å². The minimum Gasteiger partial charge on any atom is -0.393 e. The lowest BCUT2D eigenvalue weighted by Crippen LogP contribution is -2.11. The molecule has 2 nitrogen and oxygen atoms in total. The molecule has 0 spiro atoms. The molecule has 1 aromatic heterocycles. The molecule has 102 valence electrons. The highest BCUT2D eigenvalue weighted by atomic mass is 16.3. The molecule has 0 saturated carbocycles. The summed E-state index contributed by atoms with van der Waals surface area (Å²) in [5, 5.41) is 10.9. The highest BCUT2D eigenvalue weighted by molar-refractivity contribution is 5.81. The third-order valence-electron chi connectivity index (χ3n) is 3.58. The van der Waals surface area contributed by atoms with Crippen molar-refractivity contribution in [3.05, 3.63) is 71.9 Å². The first-order chi connectivity index (χ1) is 9.74. The summed E-state index contributed by atoms with van der Waals surface area (Å²) in [5.74, 6) is 0. The van der Waals surface area contributed by atoms with Crippen LogP contribution in [0.3, 0.4) is 0 Å². The molecule has 2 heteroatoms. The highest BCUT2D eigenvalue weighted by Gasteiger charge is 2.10. The molecule has 1 N–H and O–H groups in total. The van der Waals surface area contributed by atoms with E-state index in [1.807, 2.05) is 13.0 Å². The smallest absolute Gasteiger partial charge is 0.0566 e. The Bertz CT molecular complexity index is 698. The fourth-order valence-corrected chi connectivity index (χ4v) is 2.69. The predicted molar refractivity (Wildman–Crippen MR) is 82.9 cm³/mol. The van der Waals surface area contributed by atoms with E-state index in [-0.39, 0.29) is 6.10 Å². The van der Waals surface area contributed by atoms with Gasteiger partial charge in [0.15, 0.2) is 0 Å². The maximum absolute atomic E-state index is 9.71. The molecule has 0 aliphatic carbocycles. The average Bonchev–Trinajstić information content (AvgIpc) is 2.77. The summed E-state index contributed by atoms with van der Waals surface area (Å²) in [7, 11) is 0. The Hall–Kier alpha value is -2.06. The topological polar surface area (TPSA) is 25.2 Å². The Kier molecular flexibility index (Phi) is 3.57. The zero-order valence-corrected chi connectivity index (χ0v) is 11.7. The maximum atomic E-state index is 9.71. The van der Waals surface area contributed by atoms with Crippen molar-refractivity contribution < 1.29 is 5.11 Å². The van der Waals surface area contributed by atoms with Crippen molar-refractivity contribution in [3.8, 4) is 0 Å². The van der Waals surface area contributed by atoms with Crippen LogP contribution in [0.5, 0.6) is 0 Å². The maximum Gasteiger partial charge on any atom is 0.0566 e. The average molecular weight is 265 g/mol. The molecule has 0 aliphatic heterocycles. The van der Waals surface area contributed by atoms with E-state index in [9.17, 15) is 5.11 Å². The van der Waals surface area contributed by atoms with Gasteiger partial charge >= 0.3 is 0 Å². The Morgan fingerprint density at radius 2 is 1.70 bits per heavy atom. The fourth-order valence-electron chi connectivity index (χ4n) is 2.69. The molecule has 0 bridgehead atoms. The summed E-state index contributed by atoms with van der Waals surface area (Å²) in [6, 6.07) is 21.0. The van der Waals surface area contributed by atoms with Gasteiger partial charge < -0.3 is 9.67 Å². The van der Waals surface area contributed by atoms with Crippen LogP contribution < -0.4 is 0 Å². The number of benzene rings is 2. The summed E-state index contributed by atoms with van der Waals surface area (Å²) in [6.45, 7) is 2.68. The number of para-hydroxylation sites is 1. The van der Waals surface area contributed by atoms with Crippen LogP contribution in [0.2, 0.25) is 0 Å². The monoisotopic (exact) mass is 265 g/mol. The van der Waals surface area contributed by atoms with Crippen LogP contribution in [0.1, 0.15) is 18.2 Å². The molecule has 0 amide bonds. The van der Waals surface area contributed by atoms with Crippen LogP contribution in [0.4, 0.5) is 0 Å². The number of nitrogens with zero attached hydrogens (tertiary/aromatic N) is 1. The second kappa shape index (κ2) is 5.51. The van der Waals surface area contributed by atoms with Gasteiger partial charge in [-0.15, -0.1) is 0 Å². The van der Waals surface area contributed by atoms with Crippen molar-refractivity contribution in [3.63, 3.8) is 0 Å². The number of aliphatic hydroxyl groups is 1. The minimum absolute atomic E-state index is 0.325. The molecular weight excluding hydrogens is 246 g/mol. The van der Waals surface area contributed by atoms with Crippen LogP contribution >= 0.6 is 0 Å². The van der Waals surface area contributed by atoms with Gasteiger partial charge in [-0.25, -0.2) is 0 Å². The highest BCUT2D eigenvalue weighted by Crippen LogP contribution is 2.22. The van der Waals surface area contributed by atoms with Gasteiger partial charge in [-0.2, -0.15) is 0 Å². The van der Waals surface area contributed by atoms with Crippen molar-refractivity contribution in [2.45, 2.75) is 26.0 Å². The van der Waals surface area contributed by atoms with Gasteiger partial charge in [0.05, 0.1) is 6.10 Å². The summed E-state index contributed by atoms with van der Waals surface area (Å²) < 4.78 is 2.30. The molecule has 1 atom stereocenters. The molecule has 0 aliphatic rings. The molecule has 3 aromatic rings. The normalized spacial score (nSPS) is 12.7. The lowest BCUT2D eigenvalue weighted by Gasteiger charge is -2.12. The second-order valence-corrected chi connectivity index (χ2v) is 5.32. The molecule has 2 aromatic carbocycles. The number of rotatable bonds is 4. The first kappa shape index (κ1) is 12.9. The summed E-state index contributed by atoms with van der Waals surface area (Å²) in [4.78, 5) is 0. The lowest BCUT2D eigenvalue weighted by atomic mass is 10.2. The summed E-state index contributed by atoms with van der Waals surface area (Å²) in [5.41, 5.74) is 3.69. The summed E-state index contributed by atoms with van der Waals surface area (Å²) >= 11 is 0. The standard InChI is InChI=1S/C18H19NO/c1-14(20)11-17-12-16-9-5-6-10-18(16)19(17)13-15-7-3-2-4-8-15/h2-10,12,14,20H,11,13H2,1H3. The second-order valence-electron chi connectivity index (χ2n) is 5.32. The van der Waals surface area contributed by atoms with Crippen LogP contribution in [-0.4, -0.2) is 15.8 Å². The Labute approximate surface area is 119 Å². The molecule has 1 heterocycles. The van der Waals surface area contributed by atoms with Gasteiger partial charge in [-0.1, -0.05) is 48.5 Å². The third-order valence-corrected chi connectivity index (χ3v) is 3.58. The first-order valence-electron chi connectivity index (χ1n) is 7.03. The van der Waals surface area contributed by atoms with Crippen molar-refractivity contribution in [1.29, 1.82) is 0 Å². The number of fused-ring (bicyclic) bond motifs is 1. The zero-order chi connectivity index (χ0) is 13.9. The zero-order valence-electron chi connectivity index (χ0n) is 11.7. The van der Waals surface area contributed by atoms with E-state index in [0.29, 0.717) is 6.42 Å². The summed E-state index contributed by atoms with van der Waals surface area (Å²) in [6.07, 6.45) is 0.357. The SMILES string of the molecule is CC(O)Cc1cc2ccccc2n1Cc1ccccc1. The van der Waals surface area contributed by atoms with Gasteiger partial charge in [-0.05, 0) is 30.0 Å². The van der Waals surface area contributed by atoms with Crippen molar-refractivity contribution in [1.82, 2.24) is 4.57 Å². The number of aliphatic hydroxyl groups excluding tert-OH is 1. The van der Waals surface area contributed by atoms with E-state index >= 15 is 0 Å². The van der Waals surface area contributed by atoms with E-state index < -0.39 is 0 Å². The van der Waals surface area contributed by atoms with Crippen LogP contribution in [0.25, 0.3) is 10.9 Å². The van der Waals surface area contributed by atoms with Gasteiger partial charge in [0.2, 0.25) is 0 Å². The lowest BCUT2D eigenvalue weighted by molar-refractivity contribution is 0.193. The van der Waals surface area contributed by atoms with Gasteiger partial charge in [-0.3, -0.25) is 0 Å². The third kappa shape index (κ3) is 2.61. The first-order valence-corrected chi connectivity index (χ1v) is 7.03. The van der Waals surface area contributed by atoms with Crippen LogP contribution in [-0.2, 0) is 13.0 Å². The quantitative estimate of drug-likeness (QED) is 0.766. The van der Waals surface area contributed by atoms with Crippen LogP contribution in [0, 0.1) is 0 Å². The number of hydrogen-bond acceptors (Lipinski definition) is 1. The van der Waals surface area contributed by atoms with Gasteiger partial charge in [0.25, 0.3) is 0 Å². The van der Waals surface area contributed by atoms with E-state index in [1.54, 1.807) is 0 Å². The molecule has 0 fully saturated rings. The molecule has 0 saturated heterocycles. The van der Waals surface area contributed by atoms with Gasteiger partial charge in [0, 0.05) is 24.2 Å². The van der Waals surface area contributed by atoms with E-state index in [0.717, 1.165) is 6.54 Å². The Morgan fingerprint density at radius 1 is 1.00 bits per heavy atom. The Morgan fingerprint density at radius 3 is 2.45 bits per heavy atom. The largest absolute Gasteiger partial charge is 0.393 e.